The zero-order chi connectivity index (χ0) is 15.4. The van der Waals surface area contributed by atoms with Crippen molar-refractivity contribution in [3.05, 3.63) is 57.9 Å². The maximum absolute atomic E-state index is 12.0. The first-order valence-electron chi connectivity index (χ1n) is 6.13. The van der Waals surface area contributed by atoms with Crippen LogP contribution in [0.3, 0.4) is 0 Å². The lowest BCUT2D eigenvalue weighted by atomic mass is 10.1. The van der Waals surface area contributed by atoms with Gasteiger partial charge < -0.3 is 10.4 Å². The number of aromatic nitrogens is 1. The molecule has 0 saturated carbocycles. The van der Waals surface area contributed by atoms with Crippen LogP contribution in [0.15, 0.2) is 30.5 Å². The molecule has 2 rings (SSSR count). The number of nitrogens with one attached hydrogen (secondary N) is 1. The molecule has 0 radical (unpaired) electrons. The fraction of sp³-hybridized carbons (Fsp3) is 0.133. The number of carbonyl (C=O) groups is 1. The topological polar surface area (TPSA) is 86.0 Å². The van der Waals surface area contributed by atoms with Gasteiger partial charge in [-0.05, 0) is 30.2 Å². The summed E-state index contributed by atoms with van der Waals surface area (Å²) in [5.41, 5.74) is 2.28. The first-order valence-corrected chi connectivity index (χ1v) is 6.51. The second kappa shape index (κ2) is 6.25. The molecule has 0 aliphatic heterocycles. The van der Waals surface area contributed by atoms with Crippen molar-refractivity contribution in [1.29, 1.82) is 5.26 Å². The number of pyridine rings is 1. The molecule has 1 heterocycles. The summed E-state index contributed by atoms with van der Waals surface area (Å²) in [5.74, 6) is -0.760. The maximum Gasteiger partial charge on any atom is 0.274 e. The number of nitriles is 1. The van der Waals surface area contributed by atoms with Crippen LogP contribution in [0.1, 0.15) is 27.2 Å². The molecule has 2 N–H and O–H groups in total. The normalized spacial score (nSPS) is 9.95. The van der Waals surface area contributed by atoms with Crippen molar-refractivity contribution in [2.75, 3.05) is 0 Å². The quantitative estimate of drug-likeness (QED) is 0.912. The molecule has 2 aromatic rings. The molecular weight excluding hydrogens is 290 g/mol. The van der Waals surface area contributed by atoms with Crippen LogP contribution >= 0.6 is 11.6 Å². The predicted molar refractivity (Wildman–Crippen MR) is 78.0 cm³/mol. The van der Waals surface area contributed by atoms with Crippen molar-refractivity contribution in [3.63, 3.8) is 0 Å². The summed E-state index contributed by atoms with van der Waals surface area (Å²) in [6, 6.07) is 8.53. The molecule has 1 amide bonds. The summed E-state index contributed by atoms with van der Waals surface area (Å²) in [6.45, 7) is 2.14. The van der Waals surface area contributed by atoms with Crippen molar-refractivity contribution in [2.45, 2.75) is 13.5 Å². The van der Waals surface area contributed by atoms with Crippen LogP contribution in [0.5, 0.6) is 5.75 Å². The Labute approximate surface area is 126 Å². The molecule has 21 heavy (non-hydrogen) atoms. The number of rotatable bonds is 3. The molecule has 1 aromatic carbocycles. The Morgan fingerprint density at radius 2 is 2.24 bits per heavy atom. The largest absolute Gasteiger partial charge is 0.505 e. The van der Waals surface area contributed by atoms with Crippen LogP contribution in [-0.2, 0) is 6.54 Å². The number of hydrogen-bond donors (Lipinski definition) is 2. The van der Waals surface area contributed by atoms with Gasteiger partial charge in [-0.2, -0.15) is 5.26 Å². The van der Waals surface area contributed by atoms with E-state index in [1.807, 2.05) is 6.92 Å². The van der Waals surface area contributed by atoms with Crippen molar-refractivity contribution >= 4 is 17.5 Å². The fourth-order valence-corrected chi connectivity index (χ4v) is 1.98. The smallest absolute Gasteiger partial charge is 0.274 e. The molecule has 0 aliphatic carbocycles. The molecule has 0 unspecified atom stereocenters. The average molecular weight is 302 g/mol. The van der Waals surface area contributed by atoms with E-state index in [0.717, 1.165) is 11.1 Å². The monoisotopic (exact) mass is 301 g/mol. The summed E-state index contributed by atoms with van der Waals surface area (Å²) < 4.78 is 0. The molecule has 0 atom stereocenters. The molecule has 6 heteroatoms. The number of amides is 1. The Kier molecular flexibility index (Phi) is 4.41. The van der Waals surface area contributed by atoms with Gasteiger partial charge in [0.2, 0.25) is 0 Å². The van der Waals surface area contributed by atoms with Crippen LogP contribution < -0.4 is 5.32 Å². The summed E-state index contributed by atoms with van der Waals surface area (Å²) in [5, 5.41) is 21.4. The van der Waals surface area contributed by atoms with E-state index in [1.54, 1.807) is 18.2 Å². The number of hydrogen-bond acceptors (Lipinski definition) is 4. The van der Waals surface area contributed by atoms with Crippen LogP contribution in [0.25, 0.3) is 0 Å². The highest BCUT2D eigenvalue weighted by Crippen LogP contribution is 2.19. The zero-order valence-electron chi connectivity index (χ0n) is 11.2. The van der Waals surface area contributed by atoms with E-state index in [4.69, 9.17) is 16.9 Å². The van der Waals surface area contributed by atoms with Gasteiger partial charge in [0.1, 0.15) is 5.75 Å². The summed E-state index contributed by atoms with van der Waals surface area (Å²) in [6.07, 6.45) is 1.29. The van der Waals surface area contributed by atoms with Gasteiger partial charge >= 0.3 is 0 Å². The van der Waals surface area contributed by atoms with Crippen LogP contribution in [0, 0.1) is 18.3 Å². The highest BCUT2D eigenvalue weighted by molar-refractivity contribution is 6.30. The predicted octanol–water partition coefficient (Wildman–Crippen LogP) is 2.55. The molecule has 0 saturated heterocycles. The first-order chi connectivity index (χ1) is 10.0. The standard InChI is InChI=1S/C15H12ClN3O2/c1-9-4-10(6-17)2-3-11(9)7-19-15(21)14-13(20)5-12(16)8-18-14/h2-5,8,20H,7H2,1H3,(H,19,21). The molecular formula is C15H12ClN3O2. The number of aryl methyl sites for hydroxylation is 1. The van der Waals surface area contributed by atoms with Gasteiger partial charge in [0.15, 0.2) is 5.69 Å². The van der Waals surface area contributed by atoms with Crippen LogP contribution in [0.2, 0.25) is 5.02 Å². The Hall–Kier alpha value is -2.58. The van der Waals surface area contributed by atoms with Gasteiger partial charge in [0.05, 0.1) is 16.7 Å². The van der Waals surface area contributed by atoms with Gasteiger partial charge in [0.25, 0.3) is 5.91 Å². The molecule has 1 aromatic heterocycles. The van der Waals surface area contributed by atoms with E-state index in [-0.39, 0.29) is 23.0 Å². The van der Waals surface area contributed by atoms with Gasteiger partial charge in [-0.1, -0.05) is 17.7 Å². The van der Waals surface area contributed by atoms with Gasteiger partial charge in [-0.25, -0.2) is 4.98 Å². The lowest BCUT2D eigenvalue weighted by Crippen LogP contribution is -2.24. The van der Waals surface area contributed by atoms with Crippen LogP contribution in [-0.4, -0.2) is 16.0 Å². The van der Waals surface area contributed by atoms with Crippen LogP contribution in [0.4, 0.5) is 0 Å². The fourth-order valence-electron chi connectivity index (χ4n) is 1.83. The molecule has 0 bridgehead atoms. The van der Waals surface area contributed by atoms with Crippen molar-refractivity contribution in [3.8, 4) is 11.8 Å². The van der Waals surface area contributed by atoms with E-state index >= 15 is 0 Å². The number of carbonyl (C=O) groups excluding carboxylic acids is 1. The second-order valence-electron chi connectivity index (χ2n) is 4.46. The summed E-state index contributed by atoms with van der Waals surface area (Å²) >= 11 is 5.66. The van der Waals surface area contributed by atoms with Crippen molar-refractivity contribution < 1.29 is 9.90 Å². The molecule has 0 fully saturated rings. The Balaban J connectivity index is 2.09. The highest BCUT2D eigenvalue weighted by atomic mass is 35.5. The van der Waals surface area contributed by atoms with E-state index in [0.29, 0.717) is 5.56 Å². The van der Waals surface area contributed by atoms with E-state index in [2.05, 4.69) is 16.4 Å². The van der Waals surface area contributed by atoms with Gasteiger partial charge in [-0.15, -0.1) is 0 Å². The molecule has 0 aliphatic rings. The average Bonchev–Trinajstić information content (AvgIpc) is 2.45. The third kappa shape index (κ3) is 3.50. The van der Waals surface area contributed by atoms with E-state index < -0.39 is 5.91 Å². The third-order valence-electron chi connectivity index (χ3n) is 2.96. The summed E-state index contributed by atoms with van der Waals surface area (Å²) in [7, 11) is 0. The minimum absolute atomic E-state index is 0.0781. The van der Waals surface area contributed by atoms with Crippen molar-refractivity contribution in [1.82, 2.24) is 10.3 Å². The number of benzene rings is 1. The molecule has 5 nitrogen and oxygen atoms in total. The maximum atomic E-state index is 12.0. The summed E-state index contributed by atoms with van der Waals surface area (Å²) in [4.78, 5) is 15.8. The molecule has 106 valence electrons. The number of halogens is 1. The Bertz CT molecular complexity index is 738. The first kappa shape index (κ1) is 14.8. The third-order valence-corrected chi connectivity index (χ3v) is 3.17. The van der Waals surface area contributed by atoms with E-state index in [1.165, 1.54) is 12.3 Å². The van der Waals surface area contributed by atoms with Gasteiger partial charge in [0, 0.05) is 18.8 Å². The Morgan fingerprint density at radius 3 is 2.86 bits per heavy atom. The SMILES string of the molecule is Cc1cc(C#N)ccc1CNC(=O)c1ncc(Cl)cc1O. The molecule has 0 spiro atoms. The lowest BCUT2D eigenvalue weighted by molar-refractivity contribution is 0.0943. The Morgan fingerprint density at radius 1 is 1.48 bits per heavy atom. The number of aromatic hydroxyl groups is 1. The van der Waals surface area contributed by atoms with Crippen molar-refractivity contribution in [2.24, 2.45) is 0 Å². The second-order valence-corrected chi connectivity index (χ2v) is 4.89. The lowest BCUT2D eigenvalue weighted by Gasteiger charge is -2.09. The minimum atomic E-state index is -0.493. The zero-order valence-corrected chi connectivity index (χ0v) is 12.0. The number of nitrogens with zero attached hydrogens (tertiary/aromatic N) is 2. The minimum Gasteiger partial charge on any atom is -0.505 e. The van der Waals surface area contributed by atoms with Gasteiger partial charge in [-0.3, -0.25) is 4.79 Å². The highest BCUT2D eigenvalue weighted by Gasteiger charge is 2.13. The van der Waals surface area contributed by atoms with E-state index in [9.17, 15) is 9.90 Å².